The number of benzene rings is 1. The molecule has 20 heavy (non-hydrogen) atoms. The number of sulfonamides is 1. The highest BCUT2D eigenvalue weighted by Crippen LogP contribution is 2.11. The lowest BCUT2D eigenvalue weighted by atomic mass is 10.2. The number of nitrogens with zero attached hydrogens (tertiary/aromatic N) is 2. The molecule has 1 heterocycles. The molecule has 0 spiro atoms. The van der Waals surface area contributed by atoms with Gasteiger partial charge in [-0.05, 0) is 24.1 Å². The minimum Gasteiger partial charge on any atom is -0.396 e. The van der Waals surface area contributed by atoms with Crippen LogP contribution in [-0.2, 0) is 30.0 Å². The van der Waals surface area contributed by atoms with Crippen LogP contribution in [0.2, 0.25) is 0 Å². The molecule has 2 rings (SSSR count). The van der Waals surface area contributed by atoms with E-state index in [2.05, 4.69) is 9.82 Å². The normalized spacial score (nSPS) is 11.7. The van der Waals surface area contributed by atoms with E-state index < -0.39 is 10.0 Å². The van der Waals surface area contributed by atoms with Crippen molar-refractivity contribution in [2.75, 3.05) is 6.61 Å². The lowest BCUT2D eigenvalue weighted by molar-refractivity contribution is 0.299. The lowest BCUT2D eigenvalue weighted by Crippen LogP contribution is -2.23. The largest absolute Gasteiger partial charge is 0.396 e. The lowest BCUT2D eigenvalue weighted by Gasteiger charge is -2.06. The van der Waals surface area contributed by atoms with E-state index in [-0.39, 0.29) is 18.0 Å². The van der Waals surface area contributed by atoms with Gasteiger partial charge in [0.05, 0.1) is 11.1 Å². The number of nitrogens with one attached hydrogen (secondary N) is 1. The number of aromatic nitrogens is 2. The molecule has 0 aliphatic carbocycles. The van der Waals surface area contributed by atoms with Crippen molar-refractivity contribution in [3.63, 3.8) is 0 Å². The fourth-order valence-electron chi connectivity index (χ4n) is 1.79. The predicted octanol–water partition coefficient (Wildman–Crippen LogP) is 0.433. The van der Waals surface area contributed by atoms with Crippen molar-refractivity contribution in [3.05, 3.63) is 47.8 Å². The Kier molecular flexibility index (Phi) is 4.53. The molecule has 2 N–H and O–H groups in total. The first-order valence-corrected chi connectivity index (χ1v) is 7.66. The molecule has 0 fully saturated rings. The fourth-order valence-corrected chi connectivity index (χ4v) is 2.81. The number of aliphatic hydroxyl groups excluding tert-OH is 1. The van der Waals surface area contributed by atoms with Gasteiger partial charge < -0.3 is 5.11 Å². The molecule has 0 saturated heterocycles. The van der Waals surface area contributed by atoms with Crippen LogP contribution in [0.25, 0.3) is 0 Å². The monoisotopic (exact) mass is 295 g/mol. The summed E-state index contributed by atoms with van der Waals surface area (Å²) in [5.74, 6) is 0. The summed E-state index contributed by atoms with van der Waals surface area (Å²) < 4.78 is 28.3. The first kappa shape index (κ1) is 14.7. The first-order valence-electron chi connectivity index (χ1n) is 6.18. The van der Waals surface area contributed by atoms with Crippen LogP contribution in [0.4, 0.5) is 0 Å². The summed E-state index contributed by atoms with van der Waals surface area (Å²) in [6.07, 6.45) is 3.89. The van der Waals surface area contributed by atoms with Gasteiger partial charge in [0.2, 0.25) is 10.0 Å². The van der Waals surface area contributed by atoms with E-state index in [0.29, 0.717) is 6.42 Å². The van der Waals surface area contributed by atoms with E-state index in [9.17, 15) is 8.42 Å². The van der Waals surface area contributed by atoms with E-state index in [1.54, 1.807) is 36.3 Å². The molecule has 108 valence electrons. The van der Waals surface area contributed by atoms with Gasteiger partial charge in [0, 0.05) is 32.0 Å². The number of aliphatic hydroxyl groups is 1. The summed E-state index contributed by atoms with van der Waals surface area (Å²) in [7, 11) is -1.75. The summed E-state index contributed by atoms with van der Waals surface area (Å²) in [5, 5.41) is 12.8. The third-order valence-corrected chi connectivity index (χ3v) is 4.28. The second-order valence-corrected chi connectivity index (χ2v) is 6.23. The van der Waals surface area contributed by atoms with Gasteiger partial charge in [-0.15, -0.1) is 0 Å². The zero-order chi connectivity index (χ0) is 14.6. The van der Waals surface area contributed by atoms with Crippen LogP contribution in [0.15, 0.2) is 41.6 Å². The van der Waals surface area contributed by atoms with Crippen LogP contribution in [0.5, 0.6) is 0 Å². The number of rotatable bonds is 6. The van der Waals surface area contributed by atoms with Gasteiger partial charge in [-0.25, -0.2) is 13.1 Å². The average Bonchev–Trinajstić information content (AvgIpc) is 2.84. The molecule has 0 bridgehead atoms. The van der Waals surface area contributed by atoms with E-state index in [1.165, 1.54) is 12.1 Å². The van der Waals surface area contributed by atoms with Crippen molar-refractivity contribution in [2.45, 2.75) is 17.9 Å². The van der Waals surface area contributed by atoms with Gasteiger partial charge in [0.25, 0.3) is 0 Å². The molecular weight excluding hydrogens is 278 g/mol. The van der Waals surface area contributed by atoms with Gasteiger partial charge >= 0.3 is 0 Å². The molecule has 0 saturated carbocycles. The smallest absolute Gasteiger partial charge is 0.240 e. The standard InChI is InChI=1S/C13H17N3O3S/c1-16-10-12(8-14-16)9-15-20(18,19)13-4-2-11(3-5-13)6-7-17/h2-5,8,10,15,17H,6-7,9H2,1H3. The predicted molar refractivity (Wildman–Crippen MR) is 74.5 cm³/mol. The molecule has 0 atom stereocenters. The second kappa shape index (κ2) is 6.17. The van der Waals surface area contributed by atoms with Gasteiger partial charge in [-0.3, -0.25) is 4.68 Å². The van der Waals surface area contributed by atoms with Crippen LogP contribution in [0.1, 0.15) is 11.1 Å². The fraction of sp³-hybridized carbons (Fsp3) is 0.308. The summed E-state index contributed by atoms with van der Waals surface area (Å²) in [5.41, 5.74) is 1.70. The van der Waals surface area contributed by atoms with Crippen molar-refractivity contribution in [1.82, 2.24) is 14.5 Å². The Balaban J connectivity index is 2.05. The van der Waals surface area contributed by atoms with Crippen molar-refractivity contribution in [1.29, 1.82) is 0 Å². The highest BCUT2D eigenvalue weighted by molar-refractivity contribution is 7.89. The summed E-state index contributed by atoms with van der Waals surface area (Å²) in [6.45, 7) is 0.250. The van der Waals surface area contributed by atoms with Gasteiger partial charge in [0.1, 0.15) is 0 Å². The molecule has 1 aromatic carbocycles. The maximum absolute atomic E-state index is 12.1. The number of hydrogen-bond donors (Lipinski definition) is 2. The molecular formula is C13H17N3O3S. The van der Waals surface area contributed by atoms with Gasteiger partial charge in [-0.1, -0.05) is 12.1 Å². The Morgan fingerprint density at radius 1 is 1.25 bits per heavy atom. The van der Waals surface area contributed by atoms with Crippen molar-refractivity contribution in [2.24, 2.45) is 7.05 Å². The Morgan fingerprint density at radius 2 is 1.95 bits per heavy atom. The van der Waals surface area contributed by atoms with E-state index in [0.717, 1.165) is 11.1 Å². The SMILES string of the molecule is Cn1cc(CNS(=O)(=O)c2ccc(CCO)cc2)cn1. The second-order valence-electron chi connectivity index (χ2n) is 4.46. The highest BCUT2D eigenvalue weighted by atomic mass is 32.2. The first-order chi connectivity index (χ1) is 9.51. The van der Waals surface area contributed by atoms with Crippen LogP contribution >= 0.6 is 0 Å². The molecule has 0 amide bonds. The van der Waals surface area contributed by atoms with Gasteiger partial charge in [-0.2, -0.15) is 5.10 Å². The molecule has 1 aromatic heterocycles. The zero-order valence-corrected chi connectivity index (χ0v) is 12.0. The quantitative estimate of drug-likeness (QED) is 0.809. The summed E-state index contributed by atoms with van der Waals surface area (Å²) in [6, 6.07) is 6.48. The van der Waals surface area contributed by atoms with Crippen LogP contribution in [-0.4, -0.2) is 29.9 Å². The average molecular weight is 295 g/mol. The van der Waals surface area contributed by atoms with E-state index >= 15 is 0 Å². The minimum absolute atomic E-state index is 0.0470. The molecule has 7 heteroatoms. The Labute approximate surface area is 118 Å². The van der Waals surface area contributed by atoms with E-state index in [4.69, 9.17) is 5.11 Å². The Hall–Kier alpha value is -1.70. The molecule has 0 radical (unpaired) electrons. The van der Waals surface area contributed by atoms with Crippen LogP contribution < -0.4 is 4.72 Å². The Bertz CT molecular complexity index is 662. The third-order valence-electron chi connectivity index (χ3n) is 2.86. The summed E-state index contributed by atoms with van der Waals surface area (Å²) >= 11 is 0. The molecule has 6 nitrogen and oxygen atoms in total. The van der Waals surface area contributed by atoms with Crippen molar-refractivity contribution < 1.29 is 13.5 Å². The van der Waals surface area contributed by atoms with Crippen LogP contribution in [0.3, 0.4) is 0 Å². The maximum Gasteiger partial charge on any atom is 0.240 e. The number of hydrogen-bond acceptors (Lipinski definition) is 4. The number of aryl methyl sites for hydroxylation is 1. The van der Waals surface area contributed by atoms with Crippen molar-refractivity contribution in [3.8, 4) is 0 Å². The molecule has 2 aromatic rings. The molecule has 0 unspecified atom stereocenters. The van der Waals surface area contributed by atoms with Gasteiger partial charge in [0.15, 0.2) is 0 Å². The molecule has 0 aliphatic heterocycles. The third kappa shape index (κ3) is 3.66. The van der Waals surface area contributed by atoms with E-state index in [1.807, 2.05) is 0 Å². The molecule has 0 aliphatic rings. The maximum atomic E-state index is 12.1. The summed E-state index contributed by atoms with van der Waals surface area (Å²) in [4.78, 5) is 0.211. The minimum atomic E-state index is -3.53. The van der Waals surface area contributed by atoms with Crippen molar-refractivity contribution >= 4 is 10.0 Å². The highest BCUT2D eigenvalue weighted by Gasteiger charge is 2.13. The topological polar surface area (TPSA) is 84.2 Å². The zero-order valence-electron chi connectivity index (χ0n) is 11.2. The van der Waals surface area contributed by atoms with Crippen LogP contribution in [0, 0.1) is 0 Å². The Morgan fingerprint density at radius 3 is 2.50 bits per heavy atom.